The molecule has 0 aliphatic carbocycles. The molecule has 0 bridgehead atoms. The van der Waals surface area contributed by atoms with Crippen molar-refractivity contribution >= 4 is 0 Å². The molecular weight excluding hydrogens is 160 g/mol. The lowest BCUT2D eigenvalue weighted by Crippen LogP contribution is -2.26. The Hall–Kier alpha value is -0.180. The van der Waals surface area contributed by atoms with Crippen LogP contribution in [0, 0.1) is 5.41 Å². The first-order valence-corrected chi connectivity index (χ1v) is 4.40. The van der Waals surface area contributed by atoms with Crippen LogP contribution in [-0.2, 0) is 0 Å². The molecule has 0 aromatic carbocycles. The maximum Gasteiger partial charge on any atom is 0.261 e. The Labute approximate surface area is 72.5 Å². The van der Waals surface area contributed by atoms with Crippen molar-refractivity contribution in [3.63, 3.8) is 0 Å². The summed E-state index contributed by atoms with van der Waals surface area (Å²) in [5.74, 6) is -2.48. The molecule has 72 valence electrons. The Morgan fingerprint density at radius 2 is 2.00 bits per heavy atom. The number of hydrogen-bond acceptors (Lipinski definition) is 1. The lowest BCUT2D eigenvalue weighted by Gasteiger charge is -2.22. The molecule has 1 N–H and O–H groups in total. The highest BCUT2D eigenvalue weighted by Gasteiger charge is 2.40. The third-order valence-electron chi connectivity index (χ3n) is 2.05. The molecule has 0 amide bonds. The summed E-state index contributed by atoms with van der Waals surface area (Å²) in [5.41, 5.74) is 0.137. The Bertz CT molecular complexity index is 160. The lowest BCUT2D eigenvalue weighted by molar-refractivity contribution is 0.0200. The van der Waals surface area contributed by atoms with E-state index in [1.807, 2.05) is 0 Å². The van der Waals surface area contributed by atoms with Gasteiger partial charge < -0.3 is 5.32 Å². The third-order valence-corrected chi connectivity index (χ3v) is 2.05. The Kier molecular flexibility index (Phi) is 2.43. The second kappa shape index (κ2) is 2.95. The van der Waals surface area contributed by atoms with Crippen LogP contribution in [0.1, 0.15) is 33.6 Å². The number of nitrogens with one attached hydrogen (secondary N) is 1. The average molecular weight is 177 g/mol. The lowest BCUT2D eigenvalue weighted by atomic mass is 9.87. The molecule has 0 spiro atoms. The molecule has 1 fully saturated rings. The molecule has 1 atom stereocenters. The third kappa shape index (κ3) is 3.05. The van der Waals surface area contributed by atoms with Crippen molar-refractivity contribution in [3.05, 3.63) is 0 Å². The topological polar surface area (TPSA) is 12.0 Å². The van der Waals surface area contributed by atoms with E-state index in [0.29, 0.717) is 0 Å². The molecule has 3 heteroatoms. The molecule has 0 saturated carbocycles. The number of hydrogen-bond donors (Lipinski definition) is 1. The molecule has 12 heavy (non-hydrogen) atoms. The van der Waals surface area contributed by atoms with Crippen LogP contribution in [0.2, 0.25) is 0 Å². The molecule has 1 heterocycles. The van der Waals surface area contributed by atoms with Gasteiger partial charge in [-0.25, -0.2) is 8.78 Å². The average Bonchev–Trinajstić information content (AvgIpc) is 2.05. The fourth-order valence-corrected chi connectivity index (χ4v) is 1.68. The number of halogens is 2. The summed E-state index contributed by atoms with van der Waals surface area (Å²) in [5, 5.41) is 2.85. The van der Waals surface area contributed by atoms with Gasteiger partial charge >= 0.3 is 0 Å². The van der Waals surface area contributed by atoms with Crippen molar-refractivity contribution in [1.82, 2.24) is 5.32 Å². The first-order chi connectivity index (χ1) is 5.29. The molecule has 1 rings (SSSR count). The van der Waals surface area contributed by atoms with Gasteiger partial charge in [0.2, 0.25) is 0 Å². The van der Waals surface area contributed by atoms with E-state index in [4.69, 9.17) is 0 Å². The highest BCUT2D eigenvalue weighted by Crippen LogP contribution is 2.31. The van der Waals surface area contributed by atoms with Crippen LogP contribution in [0.3, 0.4) is 0 Å². The van der Waals surface area contributed by atoms with Crippen LogP contribution in [0.4, 0.5) is 8.78 Å². The second-order valence-corrected chi connectivity index (χ2v) is 4.90. The van der Waals surface area contributed by atoms with E-state index in [1.165, 1.54) is 0 Å². The Morgan fingerprint density at radius 1 is 1.42 bits per heavy atom. The SMILES string of the molecule is CC(C)(C)CC1CC(F)(F)CN1. The van der Waals surface area contributed by atoms with Gasteiger partial charge in [0.1, 0.15) is 0 Å². The maximum absolute atomic E-state index is 12.7. The Morgan fingerprint density at radius 3 is 2.33 bits per heavy atom. The largest absolute Gasteiger partial charge is 0.308 e. The first-order valence-electron chi connectivity index (χ1n) is 4.40. The monoisotopic (exact) mass is 177 g/mol. The predicted molar refractivity (Wildman–Crippen MR) is 45.4 cm³/mol. The fourth-order valence-electron chi connectivity index (χ4n) is 1.68. The van der Waals surface area contributed by atoms with Crippen LogP contribution < -0.4 is 5.32 Å². The molecule has 0 radical (unpaired) electrons. The van der Waals surface area contributed by atoms with Crippen LogP contribution in [0.15, 0.2) is 0 Å². The summed E-state index contributed by atoms with van der Waals surface area (Å²) in [6, 6.07) is -0.000000000000000444. The van der Waals surface area contributed by atoms with Crippen LogP contribution in [-0.4, -0.2) is 18.5 Å². The summed E-state index contributed by atoms with van der Waals surface area (Å²) in [6.45, 7) is 6.08. The highest BCUT2D eigenvalue weighted by atomic mass is 19.3. The summed E-state index contributed by atoms with van der Waals surface area (Å²) in [7, 11) is 0. The Balaban J connectivity index is 2.39. The van der Waals surface area contributed by atoms with Gasteiger partial charge in [-0.2, -0.15) is 0 Å². The van der Waals surface area contributed by atoms with Crippen molar-refractivity contribution in [2.45, 2.75) is 45.6 Å². The van der Waals surface area contributed by atoms with Crippen molar-refractivity contribution in [2.24, 2.45) is 5.41 Å². The van der Waals surface area contributed by atoms with E-state index < -0.39 is 5.92 Å². The van der Waals surface area contributed by atoms with Crippen molar-refractivity contribution in [1.29, 1.82) is 0 Å². The maximum atomic E-state index is 12.7. The quantitative estimate of drug-likeness (QED) is 0.648. The van der Waals surface area contributed by atoms with Gasteiger partial charge in [0.15, 0.2) is 0 Å². The minimum Gasteiger partial charge on any atom is -0.308 e. The van der Waals surface area contributed by atoms with Gasteiger partial charge in [-0.15, -0.1) is 0 Å². The molecule has 1 unspecified atom stereocenters. The summed E-state index contributed by atoms with van der Waals surface area (Å²) in [4.78, 5) is 0. The van der Waals surface area contributed by atoms with Crippen molar-refractivity contribution in [3.8, 4) is 0 Å². The van der Waals surface area contributed by atoms with E-state index in [-0.39, 0.29) is 24.4 Å². The zero-order chi connectivity index (χ0) is 9.41. The summed E-state index contributed by atoms with van der Waals surface area (Å²) in [6.07, 6.45) is 0.826. The fraction of sp³-hybridized carbons (Fsp3) is 1.00. The molecular formula is C9H17F2N. The number of alkyl halides is 2. The van der Waals surface area contributed by atoms with Gasteiger partial charge in [-0.1, -0.05) is 20.8 Å². The molecule has 1 aliphatic rings. The molecule has 0 aromatic heterocycles. The van der Waals surface area contributed by atoms with Crippen LogP contribution in [0.5, 0.6) is 0 Å². The minimum absolute atomic E-state index is 0.000000000000000444. The van der Waals surface area contributed by atoms with E-state index in [1.54, 1.807) is 0 Å². The molecule has 1 nitrogen and oxygen atoms in total. The van der Waals surface area contributed by atoms with Crippen LogP contribution >= 0.6 is 0 Å². The summed E-state index contributed by atoms with van der Waals surface area (Å²) >= 11 is 0. The standard InChI is InChI=1S/C9H17F2N/c1-8(2,3)4-7-5-9(10,11)6-12-7/h7,12H,4-6H2,1-3H3. The molecule has 0 aromatic rings. The van der Waals surface area contributed by atoms with Crippen molar-refractivity contribution < 1.29 is 8.78 Å². The van der Waals surface area contributed by atoms with Crippen LogP contribution in [0.25, 0.3) is 0 Å². The van der Waals surface area contributed by atoms with Gasteiger partial charge in [-0.3, -0.25) is 0 Å². The molecule has 1 aliphatic heterocycles. The highest BCUT2D eigenvalue weighted by molar-refractivity contribution is 4.89. The van der Waals surface area contributed by atoms with Gasteiger partial charge in [0, 0.05) is 12.5 Å². The normalized spacial score (nSPS) is 29.2. The van der Waals surface area contributed by atoms with Gasteiger partial charge in [-0.05, 0) is 11.8 Å². The minimum atomic E-state index is -2.48. The summed E-state index contributed by atoms with van der Waals surface area (Å²) < 4.78 is 25.4. The van der Waals surface area contributed by atoms with E-state index >= 15 is 0 Å². The smallest absolute Gasteiger partial charge is 0.261 e. The zero-order valence-electron chi connectivity index (χ0n) is 7.95. The second-order valence-electron chi connectivity index (χ2n) is 4.90. The zero-order valence-corrected chi connectivity index (χ0v) is 7.95. The van der Waals surface area contributed by atoms with Crippen molar-refractivity contribution in [2.75, 3.05) is 6.54 Å². The van der Waals surface area contributed by atoms with E-state index in [0.717, 1.165) is 6.42 Å². The predicted octanol–water partition coefficient (Wildman–Crippen LogP) is 2.42. The van der Waals surface area contributed by atoms with E-state index in [2.05, 4.69) is 26.1 Å². The van der Waals surface area contributed by atoms with Gasteiger partial charge in [0.05, 0.1) is 6.54 Å². The first kappa shape index (κ1) is 9.90. The molecule has 1 saturated heterocycles. The van der Waals surface area contributed by atoms with E-state index in [9.17, 15) is 8.78 Å². The number of rotatable bonds is 1. The van der Waals surface area contributed by atoms with Gasteiger partial charge in [0.25, 0.3) is 5.92 Å².